The molecule has 0 unspecified atom stereocenters. The maximum absolute atomic E-state index is 11.4. The minimum absolute atomic E-state index is 0.196. The van der Waals surface area contributed by atoms with Gasteiger partial charge in [-0.1, -0.05) is 19.9 Å². The molecule has 82 valence electrons. The third-order valence-electron chi connectivity index (χ3n) is 2.16. The molecule has 0 heterocycles. The van der Waals surface area contributed by atoms with E-state index in [2.05, 4.69) is 11.9 Å². The fraction of sp³-hybridized carbons (Fsp3) is 0.727. The topological polar surface area (TPSA) is 38.3 Å². The van der Waals surface area contributed by atoms with Gasteiger partial charge in [0.1, 0.15) is 6.04 Å². The molecule has 0 bridgehead atoms. The van der Waals surface area contributed by atoms with Gasteiger partial charge < -0.3 is 4.74 Å². The van der Waals surface area contributed by atoms with Gasteiger partial charge in [-0.2, -0.15) is 0 Å². The number of carbonyl (C=O) groups excluding carboxylic acids is 1. The van der Waals surface area contributed by atoms with Crippen LogP contribution in [0.15, 0.2) is 12.7 Å². The Labute approximate surface area is 86.5 Å². The van der Waals surface area contributed by atoms with Gasteiger partial charge in [0.05, 0.1) is 7.11 Å². The predicted octanol–water partition coefficient (Wildman–Crippen LogP) is 1.74. The number of hydrogen-bond donors (Lipinski definition) is 1. The van der Waals surface area contributed by atoms with Crippen LogP contribution in [0.5, 0.6) is 0 Å². The summed E-state index contributed by atoms with van der Waals surface area (Å²) in [7, 11) is 1.40. The van der Waals surface area contributed by atoms with E-state index in [1.54, 1.807) is 6.08 Å². The summed E-state index contributed by atoms with van der Waals surface area (Å²) in [6.45, 7) is 11.6. The molecule has 0 amide bonds. The summed E-state index contributed by atoms with van der Waals surface area (Å²) < 4.78 is 4.73. The van der Waals surface area contributed by atoms with Crippen molar-refractivity contribution in [2.75, 3.05) is 7.11 Å². The van der Waals surface area contributed by atoms with Gasteiger partial charge in [-0.25, -0.2) is 0 Å². The lowest BCUT2D eigenvalue weighted by molar-refractivity contribution is -0.144. The Hall–Kier alpha value is -0.830. The summed E-state index contributed by atoms with van der Waals surface area (Å²) in [6.07, 6.45) is 1.78. The molecule has 0 aliphatic carbocycles. The molecule has 0 radical (unpaired) electrons. The zero-order valence-corrected chi connectivity index (χ0v) is 9.76. The van der Waals surface area contributed by atoms with Crippen molar-refractivity contribution in [1.82, 2.24) is 5.32 Å². The largest absolute Gasteiger partial charge is 0.468 e. The van der Waals surface area contributed by atoms with Crippen LogP contribution >= 0.6 is 0 Å². The lowest BCUT2D eigenvalue weighted by Crippen LogP contribution is -2.51. The molecule has 0 aliphatic heterocycles. The highest BCUT2D eigenvalue weighted by atomic mass is 16.5. The molecule has 0 fully saturated rings. The summed E-state index contributed by atoms with van der Waals surface area (Å²) in [6, 6.07) is -0.284. The Morgan fingerprint density at radius 2 is 2.00 bits per heavy atom. The van der Waals surface area contributed by atoms with Gasteiger partial charge in [-0.05, 0) is 19.8 Å². The van der Waals surface area contributed by atoms with Crippen LogP contribution in [0.4, 0.5) is 0 Å². The summed E-state index contributed by atoms with van der Waals surface area (Å²) in [5.41, 5.74) is -0.261. The van der Waals surface area contributed by atoms with Crippen molar-refractivity contribution in [1.29, 1.82) is 0 Å². The molecule has 1 N–H and O–H groups in total. The summed E-state index contributed by atoms with van der Waals surface area (Å²) in [5.74, 6) is -0.0309. The monoisotopic (exact) mass is 199 g/mol. The first-order valence-electron chi connectivity index (χ1n) is 4.83. The molecule has 0 saturated heterocycles. The number of carbonyl (C=O) groups is 1. The van der Waals surface area contributed by atoms with Gasteiger partial charge in [-0.15, -0.1) is 6.58 Å². The lowest BCUT2D eigenvalue weighted by Gasteiger charge is -2.29. The smallest absolute Gasteiger partial charge is 0.323 e. The van der Waals surface area contributed by atoms with E-state index in [-0.39, 0.29) is 23.5 Å². The first-order chi connectivity index (χ1) is 6.34. The second-order valence-corrected chi connectivity index (χ2v) is 4.31. The van der Waals surface area contributed by atoms with Crippen molar-refractivity contribution in [3.05, 3.63) is 12.7 Å². The zero-order chi connectivity index (χ0) is 11.4. The Morgan fingerprint density at radius 3 is 2.29 bits per heavy atom. The Morgan fingerprint density at radius 1 is 1.50 bits per heavy atom. The third kappa shape index (κ3) is 3.92. The van der Waals surface area contributed by atoms with E-state index in [9.17, 15) is 4.79 Å². The van der Waals surface area contributed by atoms with Crippen LogP contribution in [-0.4, -0.2) is 24.7 Å². The molecule has 0 aromatic heterocycles. The second kappa shape index (κ2) is 5.15. The number of rotatable bonds is 5. The first kappa shape index (κ1) is 13.2. The van der Waals surface area contributed by atoms with E-state index >= 15 is 0 Å². The van der Waals surface area contributed by atoms with E-state index in [0.29, 0.717) is 0 Å². The van der Waals surface area contributed by atoms with Crippen LogP contribution in [0.2, 0.25) is 0 Å². The number of nitrogens with one attached hydrogen (secondary N) is 1. The van der Waals surface area contributed by atoms with Gasteiger partial charge in [0.15, 0.2) is 0 Å². The highest BCUT2D eigenvalue weighted by Crippen LogP contribution is 2.11. The van der Waals surface area contributed by atoms with Crippen molar-refractivity contribution in [3.63, 3.8) is 0 Å². The van der Waals surface area contributed by atoms with Crippen molar-refractivity contribution < 1.29 is 9.53 Å². The van der Waals surface area contributed by atoms with Crippen molar-refractivity contribution >= 4 is 5.97 Å². The molecule has 3 heteroatoms. The molecule has 0 aliphatic rings. The van der Waals surface area contributed by atoms with Crippen LogP contribution in [-0.2, 0) is 9.53 Å². The van der Waals surface area contributed by atoms with Crippen LogP contribution < -0.4 is 5.32 Å². The maximum Gasteiger partial charge on any atom is 0.323 e. The van der Waals surface area contributed by atoms with E-state index < -0.39 is 0 Å². The molecule has 0 rings (SSSR count). The van der Waals surface area contributed by atoms with E-state index in [4.69, 9.17) is 4.74 Å². The lowest BCUT2D eigenvalue weighted by atomic mass is 9.98. The first-order valence-corrected chi connectivity index (χ1v) is 4.83. The fourth-order valence-electron chi connectivity index (χ4n) is 1.08. The Bertz CT molecular complexity index is 209. The number of methoxy groups -OCH3 is 1. The third-order valence-corrected chi connectivity index (χ3v) is 2.16. The number of hydrogen-bond acceptors (Lipinski definition) is 3. The van der Waals surface area contributed by atoms with Crippen LogP contribution in [0.1, 0.15) is 27.7 Å². The highest BCUT2D eigenvalue weighted by molar-refractivity contribution is 5.76. The molecule has 14 heavy (non-hydrogen) atoms. The summed E-state index contributed by atoms with van der Waals surface area (Å²) in [4.78, 5) is 11.4. The quantitative estimate of drug-likeness (QED) is 0.541. The van der Waals surface area contributed by atoms with Crippen molar-refractivity contribution in [2.24, 2.45) is 5.92 Å². The second-order valence-electron chi connectivity index (χ2n) is 4.31. The van der Waals surface area contributed by atoms with Gasteiger partial charge in [0.2, 0.25) is 0 Å². The average molecular weight is 199 g/mol. The summed E-state index contributed by atoms with van der Waals surface area (Å²) >= 11 is 0. The van der Waals surface area contributed by atoms with Crippen LogP contribution in [0.25, 0.3) is 0 Å². The van der Waals surface area contributed by atoms with Gasteiger partial charge >= 0.3 is 5.97 Å². The van der Waals surface area contributed by atoms with Crippen LogP contribution in [0.3, 0.4) is 0 Å². The molecule has 3 nitrogen and oxygen atoms in total. The average Bonchev–Trinajstić information content (AvgIpc) is 2.13. The molecular formula is C11H21NO2. The minimum Gasteiger partial charge on any atom is -0.468 e. The normalized spacial score (nSPS) is 13.9. The van der Waals surface area contributed by atoms with Gasteiger partial charge in [0.25, 0.3) is 0 Å². The van der Waals surface area contributed by atoms with Crippen LogP contribution in [0, 0.1) is 5.92 Å². The van der Waals surface area contributed by atoms with E-state index in [1.807, 2.05) is 27.7 Å². The van der Waals surface area contributed by atoms with Crippen molar-refractivity contribution in [3.8, 4) is 0 Å². The molecule has 0 aromatic carbocycles. The van der Waals surface area contributed by atoms with Gasteiger partial charge in [-0.3, -0.25) is 10.1 Å². The fourth-order valence-corrected chi connectivity index (χ4v) is 1.08. The number of ether oxygens (including phenoxy) is 1. The van der Waals surface area contributed by atoms with Gasteiger partial charge in [0, 0.05) is 5.54 Å². The Balaban J connectivity index is 4.53. The minimum atomic E-state index is -0.284. The van der Waals surface area contributed by atoms with Crippen molar-refractivity contribution in [2.45, 2.75) is 39.3 Å². The van der Waals surface area contributed by atoms with E-state index in [0.717, 1.165) is 0 Å². The molecule has 0 spiro atoms. The molecule has 1 atom stereocenters. The maximum atomic E-state index is 11.4. The standard InChI is InChI=1S/C11H21NO2/c1-7-11(4,5)12-9(8(2)3)10(13)14-6/h7-9,12H,1H2,2-6H3/t9-/m0/s1. The highest BCUT2D eigenvalue weighted by Gasteiger charge is 2.27. The van der Waals surface area contributed by atoms with E-state index in [1.165, 1.54) is 7.11 Å². The zero-order valence-electron chi connectivity index (χ0n) is 9.76. The number of esters is 1. The SMILES string of the molecule is C=CC(C)(C)N[C@H](C(=O)OC)C(C)C. The summed E-state index contributed by atoms with van der Waals surface area (Å²) in [5, 5.41) is 3.20. The Kier molecular flexibility index (Phi) is 4.85. The molecular weight excluding hydrogens is 178 g/mol. The predicted molar refractivity (Wildman–Crippen MR) is 58.1 cm³/mol. The molecule has 0 saturated carbocycles. The molecule has 0 aromatic rings.